The monoisotopic (exact) mass is 376 g/mol. The van der Waals surface area contributed by atoms with E-state index in [9.17, 15) is 4.79 Å². The van der Waals surface area contributed by atoms with E-state index in [4.69, 9.17) is 5.73 Å². The van der Waals surface area contributed by atoms with Crippen molar-refractivity contribution in [3.05, 3.63) is 30.3 Å². The van der Waals surface area contributed by atoms with Gasteiger partial charge in [0.2, 0.25) is 5.91 Å². The van der Waals surface area contributed by atoms with Gasteiger partial charge in [0.1, 0.15) is 0 Å². The molecule has 1 aromatic rings. The summed E-state index contributed by atoms with van der Waals surface area (Å²) in [4.78, 5) is 15.4. The van der Waals surface area contributed by atoms with Crippen LogP contribution in [-0.2, 0) is 4.79 Å². The molecule has 0 fully saturated rings. The molecule has 0 radical (unpaired) electrons. The molecule has 0 aromatic heterocycles. The highest BCUT2D eigenvalue weighted by molar-refractivity contribution is 14.0. The first-order valence-electron chi connectivity index (χ1n) is 5.99. The van der Waals surface area contributed by atoms with E-state index >= 15 is 0 Å². The number of nitrogens with two attached hydrogens (primary N) is 1. The lowest BCUT2D eigenvalue weighted by Crippen LogP contribution is -2.30. The Labute approximate surface area is 131 Å². The molecule has 1 rings (SSSR count). The Bertz CT molecular complexity index is 406. The molecule has 0 saturated heterocycles. The number of anilines is 1. The van der Waals surface area contributed by atoms with Gasteiger partial charge >= 0.3 is 0 Å². The Hall–Kier alpha value is -1.31. The predicted octanol–water partition coefficient (Wildman–Crippen LogP) is 1.95. The number of carbonyl (C=O) groups excluding carboxylic acids is 1. The molecule has 1 amide bonds. The summed E-state index contributed by atoms with van der Waals surface area (Å²) in [6, 6.07) is 9.69. The number of hydrogen-bond donors (Lipinski definition) is 3. The Balaban J connectivity index is 0.00000324. The molecule has 0 spiro atoms. The maximum absolute atomic E-state index is 11.4. The summed E-state index contributed by atoms with van der Waals surface area (Å²) in [7, 11) is 0. The van der Waals surface area contributed by atoms with Gasteiger partial charge in [0, 0.05) is 18.2 Å². The molecule has 0 aliphatic carbocycles. The number of carbonyl (C=O) groups is 1. The Morgan fingerprint density at radius 2 is 1.95 bits per heavy atom. The van der Waals surface area contributed by atoms with Crippen LogP contribution in [0.15, 0.2) is 35.3 Å². The Morgan fingerprint density at radius 1 is 1.32 bits per heavy atom. The summed E-state index contributed by atoms with van der Waals surface area (Å²) in [6.45, 7) is 4.23. The topological polar surface area (TPSA) is 79.5 Å². The average molecular weight is 376 g/mol. The van der Waals surface area contributed by atoms with Gasteiger partial charge in [-0.15, -0.1) is 24.0 Å². The van der Waals surface area contributed by atoms with Crippen molar-refractivity contribution in [1.82, 2.24) is 5.32 Å². The zero-order valence-electron chi connectivity index (χ0n) is 11.2. The summed E-state index contributed by atoms with van der Waals surface area (Å²) in [5.74, 6) is 0.305. The number of para-hydroxylation sites is 1. The number of guanidine groups is 1. The van der Waals surface area contributed by atoms with Crippen LogP contribution in [0.5, 0.6) is 0 Å². The van der Waals surface area contributed by atoms with Gasteiger partial charge in [-0.05, 0) is 26.0 Å². The molecule has 0 heterocycles. The largest absolute Gasteiger partial charge is 0.370 e. The quantitative estimate of drug-likeness (QED) is 0.418. The molecule has 106 valence electrons. The van der Waals surface area contributed by atoms with E-state index < -0.39 is 0 Å². The summed E-state index contributed by atoms with van der Waals surface area (Å²) < 4.78 is 0. The van der Waals surface area contributed by atoms with Gasteiger partial charge in [-0.3, -0.25) is 9.79 Å². The van der Waals surface area contributed by atoms with E-state index in [-0.39, 0.29) is 35.9 Å². The first kappa shape index (κ1) is 17.7. The lowest BCUT2D eigenvalue weighted by molar-refractivity contribution is -0.121. The number of nitrogens with one attached hydrogen (secondary N) is 2. The van der Waals surface area contributed by atoms with Gasteiger partial charge in [0.15, 0.2) is 5.96 Å². The zero-order chi connectivity index (χ0) is 13.4. The number of hydrogen-bond acceptors (Lipinski definition) is 2. The van der Waals surface area contributed by atoms with E-state index in [0.29, 0.717) is 18.9 Å². The number of amides is 1. The molecule has 6 heteroatoms. The van der Waals surface area contributed by atoms with E-state index in [2.05, 4.69) is 15.6 Å². The lowest BCUT2D eigenvalue weighted by atomic mass is 10.3. The zero-order valence-corrected chi connectivity index (χ0v) is 13.5. The van der Waals surface area contributed by atoms with Crippen molar-refractivity contribution < 1.29 is 4.79 Å². The third-order valence-electron chi connectivity index (χ3n) is 2.12. The van der Waals surface area contributed by atoms with Crippen LogP contribution in [0.4, 0.5) is 5.69 Å². The van der Waals surface area contributed by atoms with E-state index in [1.807, 2.05) is 44.2 Å². The number of benzene rings is 1. The van der Waals surface area contributed by atoms with Gasteiger partial charge in [-0.25, -0.2) is 0 Å². The van der Waals surface area contributed by atoms with Gasteiger partial charge < -0.3 is 16.4 Å². The van der Waals surface area contributed by atoms with Crippen molar-refractivity contribution in [1.29, 1.82) is 0 Å². The molecule has 0 saturated carbocycles. The molecule has 0 atom stereocenters. The molecule has 1 aromatic carbocycles. The smallest absolute Gasteiger partial charge is 0.222 e. The van der Waals surface area contributed by atoms with Crippen LogP contribution in [0.2, 0.25) is 0 Å². The third-order valence-corrected chi connectivity index (χ3v) is 2.12. The van der Waals surface area contributed by atoms with Crippen LogP contribution in [0.25, 0.3) is 0 Å². The van der Waals surface area contributed by atoms with Crippen LogP contribution >= 0.6 is 24.0 Å². The predicted molar refractivity (Wildman–Crippen MR) is 89.9 cm³/mol. The molecular formula is C13H21IN4O. The number of rotatable bonds is 5. The molecule has 0 aliphatic heterocycles. The number of halogens is 1. The maximum atomic E-state index is 11.4. The maximum Gasteiger partial charge on any atom is 0.222 e. The molecule has 0 unspecified atom stereocenters. The van der Waals surface area contributed by atoms with Crippen LogP contribution < -0.4 is 16.4 Å². The minimum absolute atomic E-state index is 0. The highest BCUT2D eigenvalue weighted by Gasteiger charge is 2.02. The number of nitrogens with zero attached hydrogens (tertiary/aromatic N) is 1. The Morgan fingerprint density at radius 3 is 2.53 bits per heavy atom. The minimum Gasteiger partial charge on any atom is -0.370 e. The van der Waals surface area contributed by atoms with Crippen molar-refractivity contribution in [2.75, 3.05) is 11.9 Å². The van der Waals surface area contributed by atoms with E-state index in [0.717, 1.165) is 5.69 Å². The highest BCUT2D eigenvalue weighted by atomic mass is 127. The van der Waals surface area contributed by atoms with Crippen molar-refractivity contribution >= 4 is 41.5 Å². The van der Waals surface area contributed by atoms with Crippen molar-refractivity contribution in [2.24, 2.45) is 10.7 Å². The fourth-order valence-corrected chi connectivity index (χ4v) is 1.38. The van der Waals surface area contributed by atoms with Crippen molar-refractivity contribution in [2.45, 2.75) is 26.3 Å². The fourth-order valence-electron chi connectivity index (χ4n) is 1.38. The first-order chi connectivity index (χ1) is 8.58. The van der Waals surface area contributed by atoms with Crippen LogP contribution in [-0.4, -0.2) is 24.5 Å². The van der Waals surface area contributed by atoms with Gasteiger partial charge in [0.05, 0.1) is 6.54 Å². The lowest BCUT2D eigenvalue weighted by Gasteiger charge is -2.07. The second-order valence-electron chi connectivity index (χ2n) is 4.23. The Kier molecular flexibility index (Phi) is 8.94. The second kappa shape index (κ2) is 9.60. The first-order valence-corrected chi connectivity index (χ1v) is 5.99. The molecule has 0 aliphatic rings. The summed E-state index contributed by atoms with van der Waals surface area (Å²) in [5.41, 5.74) is 6.58. The molecule has 4 N–H and O–H groups in total. The third kappa shape index (κ3) is 8.41. The number of aliphatic imine (C=N–C) groups is 1. The second-order valence-corrected chi connectivity index (χ2v) is 4.23. The molecule has 0 bridgehead atoms. The summed E-state index contributed by atoms with van der Waals surface area (Å²) in [5, 5.41) is 5.75. The summed E-state index contributed by atoms with van der Waals surface area (Å²) >= 11 is 0. The normalized spacial score (nSPS) is 10.8. The molecular weight excluding hydrogens is 355 g/mol. The average Bonchev–Trinajstić information content (AvgIpc) is 2.29. The molecule has 19 heavy (non-hydrogen) atoms. The summed E-state index contributed by atoms with van der Waals surface area (Å²) in [6.07, 6.45) is 0.343. The highest BCUT2D eigenvalue weighted by Crippen LogP contribution is 2.03. The van der Waals surface area contributed by atoms with Crippen LogP contribution in [0, 0.1) is 0 Å². The van der Waals surface area contributed by atoms with Crippen LogP contribution in [0.1, 0.15) is 20.3 Å². The van der Waals surface area contributed by atoms with E-state index in [1.165, 1.54) is 0 Å². The molecule has 5 nitrogen and oxygen atoms in total. The van der Waals surface area contributed by atoms with Gasteiger partial charge in [0.25, 0.3) is 0 Å². The SMILES string of the molecule is CC(C)NC(=O)CCN=C(N)Nc1ccccc1.I. The van der Waals surface area contributed by atoms with Crippen molar-refractivity contribution in [3.8, 4) is 0 Å². The standard InChI is InChI=1S/C13H20N4O.HI/c1-10(2)16-12(18)8-9-15-13(14)17-11-6-4-3-5-7-11;/h3-7,10H,8-9H2,1-2H3,(H,16,18)(H3,14,15,17);1H. The minimum atomic E-state index is -0.0127. The van der Waals surface area contributed by atoms with E-state index in [1.54, 1.807) is 0 Å². The van der Waals surface area contributed by atoms with Gasteiger partial charge in [-0.2, -0.15) is 0 Å². The fraction of sp³-hybridized carbons (Fsp3) is 0.385. The van der Waals surface area contributed by atoms with Crippen molar-refractivity contribution in [3.63, 3.8) is 0 Å². The van der Waals surface area contributed by atoms with Gasteiger partial charge in [-0.1, -0.05) is 18.2 Å². The van der Waals surface area contributed by atoms with Crippen LogP contribution in [0.3, 0.4) is 0 Å².